The van der Waals surface area contributed by atoms with E-state index in [1.807, 2.05) is 0 Å². The molecule has 6 aliphatic rings. The lowest BCUT2D eigenvalue weighted by Gasteiger charge is -2.68. The fourth-order valence-corrected chi connectivity index (χ4v) is 9.23. The zero-order chi connectivity index (χ0) is 18.7. The minimum absolute atomic E-state index is 0.127. The fourth-order valence-electron chi connectivity index (χ4n) is 9.23. The lowest BCUT2D eigenvalue weighted by atomic mass is 9.60. The van der Waals surface area contributed by atoms with Crippen LogP contribution in [0.2, 0.25) is 0 Å². The van der Waals surface area contributed by atoms with Crippen molar-refractivity contribution in [2.75, 3.05) is 18.5 Å². The van der Waals surface area contributed by atoms with E-state index in [1.54, 1.807) is 0 Å². The Bertz CT molecular complexity index is 798. The number of aliphatic hydroxyl groups is 2. The van der Waals surface area contributed by atoms with Gasteiger partial charge in [0.05, 0.1) is 30.1 Å². The molecule has 0 radical (unpaired) electrons. The summed E-state index contributed by atoms with van der Waals surface area (Å²) in [6.45, 7) is 5.56. The average molecular weight is 370 g/mol. The van der Waals surface area contributed by atoms with Gasteiger partial charge in [-0.25, -0.2) is 0 Å². The van der Waals surface area contributed by atoms with Crippen LogP contribution >= 0.6 is 0 Å². The Morgan fingerprint density at radius 1 is 1.19 bits per heavy atom. The summed E-state index contributed by atoms with van der Waals surface area (Å²) in [5.41, 5.74) is 2.56. The van der Waals surface area contributed by atoms with E-state index < -0.39 is 0 Å². The van der Waals surface area contributed by atoms with E-state index in [9.17, 15) is 10.2 Å². The number of aliphatic hydroxyl groups excluding tert-OH is 2. The monoisotopic (exact) mass is 369 g/mol. The van der Waals surface area contributed by atoms with E-state index in [2.05, 4.69) is 50.1 Å². The van der Waals surface area contributed by atoms with Crippen molar-refractivity contribution in [1.82, 2.24) is 0 Å². The summed E-state index contributed by atoms with van der Waals surface area (Å²) in [4.78, 5) is 2.48. The highest BCUT2D eigenvalue weighted by atomic mass is 16.3. The van der Waals surface area contributed by atoms with E-state index in [-0.39, 0.29) is 17.7 Å². The van der Waals surface area contributed by atoms with Gasteiger partial charge in [0.2, 0.25) is 0 Å². The highest BCUT2D eigenvalue weighted by Crippen LogP contribution is 2.71. The van der Waals surface area contributed by atoms with Crippen molar-refractivity contribution in [2.24, 2.45) is 17.8 Å². The summed E-state index contributed by atoms with van der Waals surface area (Å²) in [6.07, 6.45) is 3.84. The molecular formula is C23H33N2O2+. The quantitative estimate of drug-likeness (QED) is 0.805. The maximum atomic E-state index is 11.9. The van der Waals surface area contributed by atoms with Crippen molar-refractivity contribution < 1.29 is 14.7 Å². The molecule has 4 heteroatoms. The molecule has 27 heavy (non-hydrogen) atoms. The van der Waals surface area contributed by atoms with E-state index in [4.69, 9.17) is 0 Å². The third-order valence-electron chi connectivity index (χ3n) is 9.73. The van der Waals surface area contributed by atoms with Gasteiger partial charge >= 0.3 is 0 Å². The Kier molecular flexibility index (Phi) is 3.17. The molecule has 0 aromatic heterocycles. The van der Waals surface area contributed by atoms with Gasteiger partial charge in [-0.1, -0.05) is 32.0 Å². The molecule has 0 unspecified atom stereocenters. The Hall–Kier alpha value is -1.10. The van der Waals surface area contributed by atoms with E-state index in [1.165, 1.54) is 17.7 Å². The Labute approximate surface area is 162 Å². The molecule has 4 nitrogen and oxygen atoms in total. The zero-order valence-electron chi connectivity index (χ0n) is 16.8. The molecule has 1 spiro atoms. The third kappa shape index (κ3) is 1.51. The van der Waals surface area contributed by atoms with Crippen molar-refractivity contribution >= 4 is 5.69 Å². The first-order valence-electron chi connectivity index (χ1n) is 11.1. The Morgan fingerprint density at radius 3 is 2.70 bits per heavy atom. The molecule has 0 amide bonds. The Balaban J connectivity index is 1.62. The second-order valence-corrected chi connectivity index (χ2v) is 10.1. The number of rotatable bonds is 3. The molecule has 1 aromatic carbocycles. The molecule has 5 fully saturated rings. The second kappa shape index (κ2) is 5.08. The first kappa shape index (κ1) is 16.8. The zero-order valence-corrected chi connectivity index (χ0v) is 16.8. The summed E-state index contributed by atoms with van der Waals surface area (Å²) in [6, 6.07) is 9.97. The maximum Gasteiger partial charge on any atom is 0.194 e. The summed E-state index contributed by atoms with van der Waals surface area (Å²) in [5, 5.41) is 23.6. The minimum Gasteiger partial charge on any atom is -0.392 e. The number of likely N-dealkylation sites (N-methyl/N-ethyl adjacent to an activating group) is 1. The number of piperidine rings is 4. The largest absolute Gasteiger partial charge is 0.392 e. The molecule has 7 rings (SSSR count). The number of hydrogen-bond acceptors (Lipinski definition) is 3. The molecule has 5 heterocycles. The summed E-state index contributed by atoms with van der Waals surface area (Å²) < 4.78 is 0.873. The van der Waals surface area contributed by atoms with Crippen LogP contribution in [0, 0.1) is 17.8 Å². The molecule has 4 saturated heterocycles. The van der Waals surface area contributed by atoms with Gasteiger partial charge in [0.25, 0.3) is 0 Å². The summed E-state index contributed by atoms with van der Waals surface area (Å²) in [5.74, 6) is 1.18. The number of benzene rings is 1. The van der Waals surface area contributed by atoms with Crippen molar-refractivity contribution in [3.05, 3.63) is 29.8 Å². The summed E-state index contributed by atoms with van der Waals surface area (Å²) >= 11 is 0. The first-order chi connectivity index (χ1) is 13.0. The Morgan fingerprint density at radius 2 is 1.96 bits per heavy atom. The van der Waals surface area contributed by atoms with Gasteiger partial charge in [-0.2, -0.15) is 0 Å². The van der Waals surface area contributed by atoms with Crippen molar-refractivity contribution in [3.8, 4) is 0 Å². The predicted octanol–water partition coefficient (Wildman–Crippen LogP) is 2.48. The highest BCUT2D eigenvalue weighted by Gasteiger charge is 2.82. The molecule has 1 saturated carbocycles. The SMILES string of the molecule is CCC[N@+]12[C@H](O)[C@@H](CC)[C@@H]3C[C@H]1[C@@H]1N(C)c4ccccc4[C@]14C[C@H]2[C@H]3[C@H]4O. The highest BCUT2D eigenvalue weighted by molar-refractivity contribution is 5.66. The maximum absolute atomic E-state index is 11.9. The second-order valence-electron chi connectivity index (χ2n) is 10.1. The first-order valence-corrected chi connectivity index (χ1v) is 11.1. The van der Waals surface area contributed by atoms with Crippen LogP contribution in [0.25, 0.3) is 0 Å². The van der Waals surface area contributed by atoms with Gasteiger partial charge in [0.1, 0.15) is 6.04 Å². The van der Waals surface area contributed by atoms with Crippen LogP contribution in [0.5, 0.6) is 0 Å². The number of anilines is 1. The number of hydrogen-bond donors (Lipinski definition) is 2. The van der Waals surface area contributed by atoms with Crippen LogP contribution in [0.1, 0.15) is 45.1 Å². The van der Waals surface area contributed by atoms with Crippen LogP contribution in [-0.2, 0) is 5.41 Å². The van der Waals surface area contributed by atoms with Crippen LogP contribution < -0.4 is 4.90 Å². The van der Waals surface area contributed by atoms with Gasteiger partial charge < -0.3 is 15.1 Å². The van der Waals surface area contributed by atoms with Gasteiger partial charge in [-0.05, 0) is 30.4 Å². The summed E-state index contributed by atoms with van der Waals surface area (Å²) in [7, 11) is 2.23. The smallest absolute Gasteiger partial charge is 0.194 e. The number of nitrogens with zero attached hydrogens (tertiary/aromatic N) is 2. The van der Waals surface area contributed by atoms with Crippen LogP contribution in [0.15, 0.2) is 24.3 Å². The lowest BCUT2D eigenvalue weighted by Crippen LogP contribution is -2.83. The predicted molar refractivity (Wildman–Crippen MR) is 105 cm³/mol. The van der Waals surface area contributed by atoms with Crippen LogP contribution in [0.4, 0.5) is 5.69 Å². The van der Waals surface area contributed by atoms with E-state index in [0.717, 1.165) is 30.3 Å². The molecule has 1 aromatic rings. The van der Waals surface area contributed by atoms with Crippen molar-refractivity contribution in [1.29, 1.82) is 0 Å². The van der Waals surface area contributed by atoms with Gasteiger partial charge in [-0.3, -0.25) is 4.48 Å². The molecule has 10 atom stereocenters. The van der Waals surface area contributed by atoms with Crippen LogP contribution in [0.3, 0.4) is 0 Å². The number of quaternary nitrogens is 1. The molecule has 5 aliphatic heterocycles. The lowest BCUT2D eigenvalue weighted by molar-refractivity contribution is -1.04. The van der Waals surface area contributed by atoms with Crippen molar-refractivity contribution in [2.45, 2.75) is 75.4 Å². The van der Waals surface area contributed by atoms with Gasteiger partial charge in [-0.15, -0.1) is 0 Å². The average Bonchev–Trinajstić information content (AvgIpc) is 3.06. The van der Waals surface area contributed by atoms with Gasteiger partial charge in [0.15, 0.2) is 6.23 Å². The van der Waals surface area contributed by atoms with Crippen molar-refractivity contribution in [3.63, 3.8) is 0 Å². The van der Waals surface area contributed by atoms with E-state index >= 15 is 0 Å². The normalized spacial score (nSPS) is 53.7. The van der Waals surface area contributed by atoms with Crippen LogP contribution in [-0.4, -0.2) is 58.7 Å². The number of para-hydroxylation sites is 1. The molecule has 1 aliphatic carbocycles. The molecule has 5 bridgehead atoms. The third-order valence-corrected chi connectivity index (χ3v) is 9.73. The number of fused-ring (bicyclic) bond motifs is 2. The topological polar surface area (TPSA) is 43.7 Å². The minimum atomic E-state index is -0.271. The van der Waals surface area contributed by atoms with E-state index in [0.29, 0.717) is 35.9 Å². The molecule has 146 valence electrons. The molecule has 2 N–H and O–H groups in total. The van der Waals surface area contributed by atoms with Gasteiger partial charge in [0, 0.05) is 37.4 Å². The fraction of sp³-hybridized carbons (Fsp3) is 0.739. The standard InChI is InChI=1S/C23H33N2O2/c1-4-10-25-17-11-14(13(5-2)22(25)27)19-18(25)12-23(21(19)26)15-8-6-7-9-16(15)24(3)20(17)23/h6-9,13-14,17-22,26-27H,4-5,10-12H2,1-3H3/q+1/t13-,14-,17-,18-,19-,20-,21+,22+,23+,25-/m0/s1. The molecular weight excluding hydrogens is 336 g/mol.